The Morgan fingerprint density at radius 1 is 1.36 bits per heavy atom. The van der Waals surface area contributed by atoms with Gasteiger partial charge in [-0.1, -0.05) is 32.1 Å². The fourth-order valence-electron chi connectivity index (χ4n) is 5.13. The third-order valence-electron chi connectivity index (χ3n) is 7.03. The van der Waals surface area contributed by atoms with Gasteiger partial charge in [0.05, 0.1) is 19.6 Å². The van der Waals surface area contributed by atoms with Crippen molar-refractivity contribution in [1.82, 2.24) is 0 Å². The Morgan fingerprint density at radius 2 is 2.14 bits per heavy atom. The largest absolute Gasteiger partial charge is 0.472 e. The summed E-state index contributed by atoms with van der Waals surface area (Å²) >= 11 is 0. The van der Waals surface area contributed by atoms with Crippen molar-refractivity contribution in [2.45, 2.75) is 46.5 Å². The van der Waals surface area contributed by atoms with Gasteiger partial charge < -0.3 is 13.9 Å². The van der Waals surface area contributed by atoms with Gasteiger partial charge in [-0.05, 0) is 54.6 Å². The lowest BCUT2D eigenvalue weighted by Crippen LogP contribution is -2.53. The minimum absolute atomic E-state index is 0.0559. The molecule has 0 saturated heterocycles. The van der Waals surface area contributed by atoms with Crippen LogP contribution in [0.1, 0.15) is 45.6 Å². The first kappa shape index (κ1) is 20.4. The molecule has 152 valence electrons. The highest BCUT2D eigenvalue weighted by atomic mass is 16.5. The molecule has 0 spiro atoms. The molecule has 1 fully saturated rings. The van der Waals surface area contributed by atoms with E-state index in [0.29, 0.717) is 11.5 Å². The highest BCUT2D eigenvalue weighted by molar-refractivity contribution is 5.91. The third-order valence-corrected chi connectivity index (χ3v) is 7.03. The van der Waals surface area contributed by atoms with Crippen molar-refractivity contribution in [2.24, 2.45) is 22.7 Å². The van der Waals surface area contributed by atoms with Crippen LogP contribution in [0.25, 0.3) is 0 Å². The van der Waals surface area contributed by atoms with E-state index in [2.05, 4.69) is 19.9 Å². The first-order valence-corrected chi connectivity index (χ1v) is 9.95. The number of allylic oxidation sites excluding steroid dienone is 3. The number of esters is 2. The van der Waals surface area contributed by atoms with Crippen LogP contribution in [0.2, 0.25) is 0 Å². The lowest BCUT2D eigenvalue weighted by atomic mass is 9.47. The topological polar surface area (TPSA) is 65.7 Å². The van der Waals surface area contributed by atoms with Gasteiger partial charge in [0.1, 0.15) is 6.61 Å². The van der Waals surface area contributed by atoms with Crippen LogP contribution in [0, 0.1) is 22.7 Å². The van der Waals surface area contributed by atoms with Crippen molar-refractivity contribution < 1.29 is 23.5 Å². The van der Waals surface area contributed by atoms with Gasteiger partial charge in [0.25, 0.3) is 0 Å². The zero-order valence-electron chi connectivity index (χ0n) is 17.2. The van der Waals surface area contributed by atoms with Crippen LogP contribution in [-0.2, 0) is 25.5 Å². The van der Waals surface area contributed by atoms with Gasteiger partial charge in [0.15, 0.2) is 0 Å². The Hall–Kier alpha value is -2.30. The maximum absolute atomic E-state index is 12.6. The second-order valence-corrected chi connectivity index (χ2v) is 8.45. The molecule has 5 nitrogen and oxygen atoms in total. The smallest absolute Gasteiger partial charge is 0.334 e. The molecular weight excluding hydrogens is 356 g/mol. The molecule has 0 aromatic carbocycles. The molecule has 1 aromatic heterocycles. The fourth-order valence-corrected chi connectivity index (χ4v) is 5.13. The summed E-state index contributed by atoms with van der Waals surface area (Å²) in [6.07, 6.45) is 13.1. The van der Waals surface area contributed by atoms with E-state index in [9.17, 15) is 9.59 Å². The summed E-state index contributed by atoms with van der Waals surface area (Å²) in [6.45, 7) is 6.20. The molecule has 0 unspecified atom stereocenters. The molecule has 1 heterocycles. The van der Waals surface area contributed by atoms with Crippen molar-refractivity contribution in [1.29, 1.82) is 0 Å². The minimum Gasteiger partial charge on any atom is -0.472 e. The average Bonchev–Trinajstić information content (AvgIpc) is 3.21. The Bertz CT molecular complexity index is 775. The van der Waals surface area contributed by atoms with Crippen molar-refractivity contribution in [3.05, 3.63) is 48.0 Å². The molecule has 0 aliphatic heterocycles. The van der Waals surface area contributed by atoms with Crippen LogP contribution in [0.4, 0.5) is 0 Å². The van der Waals surface area contributed by atoms with Crippen LogP contribution in [0.15, 0.2) is 46.8 Å². The van der Waals surface area contributed by atoms with Crippen LogP contribution < -0.4 is 0 Å². The number of carbonyl (C=O) groups excluding carboxylic acids is 2. The quantitative estimate of drug-likeness (QED) is 0.674. The molecule has 0 radical (unpaired) electrons. The van der Waals surface area contributed by atoms with E-state index in [0.717, 1.165) is 25.7 Å². The summed E-state index contributed by atoms with van der Waals surface area (Å²) in [5.41, 5.74) is 1.18. The van der Waals surface area contributed by atoms with Crippen molar-refractivity contribution >= 4 is 11.9 Å². The van der Waals surface area contributed by atoms with E-state index in [1.165, 1.54) is 19.6 Å². The number of carbonyl (C=O) groups is 2. The molecule has 3 rings (SSSR count). The number of fused-ring (bicyclic) bond motifs is 1. The highest BCUT2D eigenvalue weighted by Gasteiger charge is 2.57. The lowest BCUT2D eigenvalue weighted by molar-refractivity contribution is -0.152. The van der Waals surface area contributed by atoms with Gasteiger partial charge in [0, 0.05) is 17.9 Å². The van der Waals surface area contributed by atoms with Crippen molar-refractivity contribution in [3.8, 4) is 0 Å². The third kappa shape index (κ3) is 3.54. The molecule has 0 N–H and O–H groups in total. The van der Waals surface area contributed by atoms with Gasteiger partial charge >= 0.3 is 11.9 Å². The minimum atomic E-state index is -0.550. The van der Waals surface area contributed by atoms with Crippen molar-refractivity contribution in [2.75, 3.05) is 13.7 Å². The summed E-state index contributed by atoms with van der Waals surface area (Å²) < 4.78 is 15.8. The normalized spacial score (nSPS) is 31.6. The van der Waals surface area contributed by atoms with Crippen LogP contribution in [0.5, 0.6) is 0 Å². The van der Waals surface area contributed by atoms with E-state index in [4.69, 9.17) is 13.9 Å². The molecule has 0 bridgehead atoms. The first-order chi connectivity index (χ1) is 13.3. The fraction of sp³-hybridized carbons (Fsp3) is 0.565. The van der Waals surface area contributed by atoms with E-state index >= 15 is 0 Å². The molecular formula is C23H30O5. The summed E-state index contributed by atoms with van der Waals surface area (Å²) in [6, 6.07) is 2.00. The SMILES string of the molecule is COC(=O)C1=CC=C[C@H]2[C@@]1(COC(C)=O)CC[C@@H](C)[C@]2(C)CCc1ccoc1. The monoisotopic (exact) mass is 386 g/mol. The summed E-state index contributed by atoms with van der Waals surface area (Å²) in [5, 5.41) is 0. The standard InChI is InChI=1S/C23H30O5/c1-16-8-12-23(15-28-17(2)24)19(21(25)26-4)6-5-7-20(23)22(16,3)11-9-18-10-13-27-14-18/h5-7,10,13-14,16,20H,8-9,11-12,15H2,1-4H3/t16-,20-,22+,23-/m1/s1. The molecule has 5 heteroatoms. The highest BCUT2D eigenvalue weighted by Crippen LogP contribution is 2.60. The predicted octanol–water partition coefficient (Wildman–Crippen LogP) is 4.48. The maximum atomic E-state index is 12.6. The van der Waals surface area contributed by atoms with E-state index in [1.54, 1.807) is 12.5 Å². The number of ether oxygens (including phenoxy) is 2. The Labute approximate surface area is 166 Å². The Balaban J connectivity index is 1.98. The number of methoxy groups -OCH3 is 1. The second-order valence-electron chi connectivity index (χ2n) is 8.45. The predicted molar refractivity (Wildman–Crippen MR) is 105 cm³/mol. The van der Waals surface area contributed by atoms with E-state index in [-0.39, 0.29) is 29.9 Å². The summed E-state index contributed by atoms with van der Waals surface area (Å²) in [7, 11) is 1.40. The van der Waals surface area contributed by atoms with Gasteiger partial charge in [-0.2, -0.15) is 0 Å². The number of hydrogen-bond acceptors (Lipinski definition) is 5. The van der Waals surface area contributed by atoms with Gasteiger partial charge in [-0.25, -0.2) is 4.79 Å². The molecule has 1 saturated carbocycles. The number of furan rings is 1. The zero-order valence-corrected chi connectivity index (χ0v) is 17.2. The first-order valence-electron chi connectivity index (χ1n) is 9.95. The average molecular weight is 386 g/mol. The van der Waals surface area contributed by atoms with Crippen LogP contribution in [0.3, 0.4) is 0 Å². The van der Waals surface area contributed by atoms with Gasteiger partial charge in [-0.15, -0.1) is 0 Å². The number of rotatable bonds is 6. The Morgan fingerprint density at radius 3 is 2.79 bits per heavy atom. The molecule has 4 atom stereocenters. The maximum Gasteiger partial charge on any atom is 0.334 e. The molecule has 0 amide bonds. The molecule has 2 aliphatic rings. The van der Waals surface area contributed by atoms with Gasteiger partial charge in [0.2, 0.25) is 0 Å². The number of hydrogen-bond donors (Lipinski definition) is 0. The van der Waals surface area contributed by atoms with Crippen molar-refractivity contribution in [3.63, 3.8) is 0 Å². The number of aryl methyl sites for hydroxylation is 1. The summed E-state index contributed by atoms with van der Waals surface area (Å²) in [4.78, 5) is 24.3. The second kappa shape index (κ2) is 7.98. The van der Waals surface area contributed by atoms with E-state index < -0.39 is 5.41 Å². The van der Waals surface area contributed by atoms with E-state index in [1.807, 2.05) is 18.2 Å². The zero-order chi connectivity index (χ0) is 20.4. The van der Waals surface area contributed by atoms with Gasteiger partial charge in [-0.3, -0.25) is 4.79 Å². The van der Waals surface area contributed by atoms with Crippen LogP contribution in [-0.4, -0.2) is 25.7 Å². The summed E-state index contributed by atoms with van der Waals surface area (Å²) in [5.74, 6) is -0.121. The molecule has 28 heavy (non-hydrogen) atoms. The van der Waals surface area contributed by atoms with Crippen LogP contribution >= 0.6 is 0 Å². The molecule has 2 aliphatic carbocycles. The lowest BCUT2D eigenvalue weighted by Gasteiger charge is -2.56. The Kier molecular flexibility index (Phi) is 5.82. The molecule has 1 aromatic rings.